The van der Waals surface area contributed by atoms with Crippen molar-refractivity contribution in [2.75, 3.05) is 5.32 Å². The van der Waals surface area contributed by atoms with Crippen molar-refractivity contribution < 1.29 is 4.79 Å². The van der Waals surface area contributed by atoms with Gasteiger partial charge in [-0.1, -0.05) is 24.6 Å². The highest BCUT2D eigenvalue weighted by Crippen LogP contribution is 2.23. The molecule has 1 atom stereocenters. The van der Waals surface area contributed by atoms with E-state index in [2.05, 4.69) is 31.3 Å². The summed E-state index contributed by atoms with van der Waals surface area (Å²) in [7, 11) is 0. The van der Waals surface area contributed by atoms with Crippen molar-refractivity contribution in [1.29, 1.82) is 0 Å². The lowest BCUT2D eigenvalue weighted by atomic mass is 9.93. The smallest absolute Gasteiger partial charge is 0.157 e. The van der Waals surface area contributed by atoms with Crippen molar-refractivity contribution in [2.45, 2.75) is 26.7 Å². The van der Waals surface area contributed by atoms with Crippen molar-refractivity contribution in [3.05, 3.63) is 41.6 Å². The van der Waals surface area contributed by atoms with Crippen LogP contribution in [0.2, 0.25) is 0 Å². The molecule has 0 heterocycles. The third-order valence-electron chi connectivity index (χ3n) is 2.81. The molecule has 1 aromatic carbocycles. The average molecular weight is 215 g/mol. The summed E-state index contributed by atoms with van der Waals surface area (Å²) in [5.74, 6) is 0.679. The lowest BCUT2D eigenvalue weighted by molar-refractivity contribution is -0.115. The quantitative estimate of drug-likeness (QED) is 0.820. The molecule has 0 saturated heterocycles. The van der Waals surface area contributed by atoms with Crippen molar-refractivity contribution in [1.82, 2.24) is 0 Å². The average Bonchev–Trinajstić information content (AvgIpc) is 2.20. The number of anilines is 1. The molecule has 0 bridgehead atoms. The number of nitrogens with one attached hydrogen (secondary N) is 1. The third-order valence-corrected chi connectivity index (χ3v) is 2.81. The van der Waals surface area contributed by atoms with Crippen molar-refractivity contribution >= 4 is 11.5 Å². The van der Waals surface area contributed by atoms with E-state index >= 15 is 0 Å². The number of carbonyl (C=O) groups is 1. The Morgan fingerprint density at radius 1 is 1.19 bits per heavy atom. The molecule has 0 amide bonds. The van der Waals surface area contributed by atoms with Crippen molar-refractivity contribution in [2.24, 2.45) is 5.92 Å². The zero-order valence-electron chi connectivity index (χ0n) is 9.79. The largest absolute Gasteiger partial charge is 0.359 e. The van der Waals surface area contributed by atoms with E-state index < -0.39 is 0 Å². The molecule has 0 spiro atoms. The van der Waals surface area contributed by atoms with Crippen LogP contribution < -0.4 is 5.32 Å². The molecule has 0 saturated carbocycles. The van der Waals surface area contributed by atoms with Gasteiger partial charge in [0.15, 0.2) is 5.78 Å². The van der Waals surface area contributed by atoms with Gasteiger partial charge in [0.2, 0.25) is 0 Å². The molecule has 2 nitrogen and oxygen atoms in total. The highest BCUT2D eigenvalue weighted by molar-refractivity contribution is 5.91. The fourth-order valence-electron chi connectivity index (χ4n) is 2.01. The molecular weight excluding hydrogens is 198 g/mol. The van der Waals surface area contributed by atoms with Gasteiger partial charge in [-0.05, 0) is 31.4 Å². The summed E-state index contributed by atoms with van der Waals surface area (Å²) in [4.78, 5) is 11.4. The number of rotatable bonds is 2. The van der Waals surface area contributed by atoms with Crippen LogP contribution in [-0.4, -0.2) is 5.78 Å². The van der Waals surface area contributed by atoms with Gasteiger partial charge < -0.3 is 5.32 Å². The summed E-state index contributed by atoms with van der Waals surface area (Å²) in [6.07, 6.45) is 3.37. The lowest BCUT2D eigenvalue weighted by Crippen LogP contribution is -2.15. The molecule has 1 N–H and O–H groups in total. The molecule has 0 aliphatic heterocycles. The number of carbonyl (C=O) groups excluding carboxylic acids is 1. The summed E-state index contributed by atoms with van der Waals surface area (Å²) in [6, 6.07) is 8.22. The monoisotopic (exact) mass is 215 g/mol. The summed E-state index contributed by atoms with van der Waals surface area (Å²) < 4.78 is 0. The second-order valence-corrected chi connectivity index (χ2v) is 4.64. The van der Waals surface area contributed by atoms with Crippen LogP contribution in [0.15, 0.2) is 36.0 Å². The first kappa shape index (κ1) is 10.9. The van der Waals surface area contributed by atoms with E-state index in [-0.39, 0.29) is 5.78 Å². The van der Waals surface area contributed by atoms with Gasteiger partial charge in [0.05, 0.1) is 0 Å². The van der Waals surface area contributed by atoms with Gasteiger partial charge in [-0.15, -0.1) is 0 Å². The predicted molar refractivity (Wildman–Crippen MR) is 66.3 cm³/mol. The molecule has 1 unspecified atom stereocenters. The number of hydrogen-bond acceptors (Lipinski definition) is 2. The Balaban J connectivity index is 2.09. The number of allylic oxidation sites excluding steroid dienone is 2. The fourth-order valence-corrected chi connectivity index (χ4v) is 2.01. The van der Waals surface area contributed by atoms with Gasteiger partial charge in [-0.25, -0.2) is 0 Å². The summed E-state index contributed by atoms with van der Waals surface area (Å²) in [5.41, 5.74) is 3.33. The number of benzene rings is 1. The van der Waals surface area contributed by atoms with E-state index in [0.29, 0.717) is 12.3 Å². The minimum absolute atomic E-state index is 0.230. The third kappa shape index (κ3) is 2.72. The first-order chi connectivity index (χ1) is 7.63. The van der Waals surface area contributed by atoms with Crippen LogP contribution >= 0.6 is 0 Å². The normalized spacial score (nSPS) is 20.5. The lowest BCUT2D eigenvalue weighted by Gasteiger charge is -2.19. The van der Waals surface area contributed by atoms with Crippen LogP contribution in [0.3, 0.4) is 0 Å². The van der Waals surface area contributed by atoms with Crippen molar-refractivity contribution in [3.8, 4) is 0 Å². The maximum absolute atomic E-state index is 11.4. The van der Waals surface area contributed by atoms with Crippen LogP contribution in [0.5, 0.6) is 0 Å². The molecule has 16 heavy (non-hydrogen) atoms. The van der Waals surface area contributed by atoms with E-state index in [4.69, 9.17) is 0 Å². The summed E-state index contributed by atoms with van der Waals surface area (Å²) in [5, 5.41) is 3.31. The molecule has 1 aliphatic carbocycles. The molecule has 0 radical (unpaired) electrons. The Labute approximate surface area is 96.4 Å². The maximum Gasteiger partial charge on any atom is 0.157 e. The van der Waals surface area contributed by atoms with Gasteiger partial charge in [-0.2, -0.15) is 0 Å². The molecule has 1 aromatic rings. The molecular formula is C14H17NO. The number of aryl methyl sites for hydroxylation is 1. The first-order valence-electron chi connectivity index (χ1n) is 5.70. The highest BCUT2D eigenvalue weighted by atomic mass is 16.1. The molecule has 84 valence electrons. The molecule has 2 rings (SSSR count). The second kappa shape index (κ2) is 4.52. The van der Waals surface area contributed by atoms with E-state index in [9.17, 15) is 4.79 Å². The van der Waals surface area contributed by atoms with Crippen LogP contribution in [-0.2, 0) is 4.79 Å². The van der Waals surface area contributed by atoms with Gasteiger partial charge >= 0.3 is 0 Å². The fraction of sp³-hybridized carbons (Fsp3) is 0.357. The van der Waals surface area contributed by atoms with Crippen LogP contribution in [0.1, 0.15) is 25.3 Å². The minimum atomic E-state index is 0.230. The summed E-state index contributed by atoms with van der Waals surface area (Å²) in [6.45, 7) is 4.18. The molecule has 2 heteroatoms. The van der Waals surface area contributed by atoms with E-state index in [1.165, 1.54) is 5.56 Å². The van der Waals surface area contributed by atoms with E-state index in [1.807, 2.05) is 12.1 Å². The van der Waals surface area contributed by atoms with Gasteiger partial charge in [0.1, 0.15) is 0 Å². The molecule has 0 aromatic heterocycles. The van der Waals surface area contributed by atoms with Crippen molar-refractivity contribution in [3.63, 3.8) is 0 Å². The zero-order chi connectivity index (χ0) is 11.5. The number of ketones is 1. The minimum Gasteiger partial charge on any atom is -0.359 e. The standard InChI is InChI=1S/C14H17NO/c1-10-3-5-12(6-4-10)15-13-7-11(2)8-14(16)9-13/h3-6,9,11,15H,7-8H2,1-2H3. The van der Waals surface area contributed by atoms with Crippen LogP contribution in [0.25, 0.3) is 0 Å². The van der Waals surface area contributed by atoms with E-state index in [1.54, 1.807) is 6.08 Å². The summed E-state index contributed by atoms with van der Waals surface area (Å²) >= 11 is 0. The number of hydrogen-bond donors (Lipinski definition) is 1. The highest BCUT2D eigenvalue weighted by Gasteiger charge is 2.16. The zero-order valence-corrected chi connectivity index (χ0v) is 9.79. The maximum atomic E-state index is 11.4. The topological polar surface area (TPSA) is 29.1 Å². The molecule has 0 fully saturated rings. The van der Waals surface area contributed by atoms with E-state index in [0.717, 1.165) is 17.8 Å². The SMILES string of the molecule is Cc1ccc(NC2=CC(=O)CC(C)C2)cc1. The molecule has 1 aliphatic rings. The predicted octanol–water partition coefficient (Wildman–Crippen LogP) is 3.29. The Morgan fingerprint density at radius 2 is 1.88 bits per heavy atom. The van der Waals surface area contributed by atoms with Crippen LogP contribution in [0, 0.1) is 12.8 Å². The van der Waals surface area contributed by atoms with Gasteiger partial charge in [-0.3, -0.25) is 4.79 Å². The van der Waals surface area contributed by atoms with Gasteiger partial charge in [0, 0.05) is 23.9 Å². The Kier molecular flexibility index (Phi) is 3.09. The van der Waals surface area contributed by atoms with Gasteiger partial charge in [0.25, 0.3) is 0 Å². The first-order valence-corrected chi connectivity index (χ1v) is 5.70. The second-order valence-electron chi connectivity index (χ2n) is 4.64. The Hall–Kier alpha value is -1.57. The Morgan fingerprint density at radius 3 is 2.50 bits per heavy atom. The Bertz CT molecular complexity index is 417. The van der Waals surface area contributed by atoms with Crippen LogP contribution in [0.4, 0.5) is 5.69 Å².